The summed E-state index contributed by atoms with van der Waals surface area (Å²) in [5, 5.41) is 12.3. The number of carbonyl (C=O) groups excluding carboxylic acids is 1. The molecule has 0 radical (unpaired) electrons. The third-order valence-corrected chi connectivity index (χ3v) is 3.81. The van der Waals surface area contributed by atoms with Crippen LogP contribution >= 0.6 is 11.3 Å². The highest BCUT2D eigenvalue weighted by Gasteiger charge is 2.12. The number of nitrogens with one attached hydrogen (secondary N) is 2. The Hall–Kier alpha value is -2.28. The Kier molecular flexibility index (Phi) is 3.66. The van der Waals surface area contributed by atoms with Crippen LogP contribution in [-0.2, 0) is 6.42 Å². The molecule has 0 saturated heterocycles. The Bertz CT molecular complexity index is 776. The lowest BCUT2D eigenvalue weighted by Gasteiger charge is -2.01. The van der Waals surface area contributed by atoms with E-state index in [0.717, 1.165) is 22.5 Å². The van der Waals surface area contributed by atoms with Crippen LogP contribution in [0.5, 0.6) is 0 Å². The summed E-state index contributed by atoms with van der Waals surface area (Å²) in [7, 11) is 0. The minimum atomic E-state index is -0.196. The van der Waals surface area contributed by atoms with E-state index in [0.29, 0.717) is 16.6 Å². The summed E-state index contributed by atoms with van der Waals surface area (Å²) in [6, 6.07) is 5.33. The van der Waals surface area contributed by atoms with Gasteiger partial charge in [-0.1, -0.05) is 25.2 Å². The van der Waals surface area contributed by atoms with E-state index in [4.69, 9.17) is 0 Å². The minimum Gasteiger partial charge on any atom is -0.345 e. The van der Waals surface area contributed by atoms with E-state index in [-0.39, 0.29) is 5.91 Å². The monoisotopic (exact) mass is 301 g/mol. The molecule has 0 aliphatic rings. The average Bonchev–Trinajstić information content (AvgIpc) is 3.06. The van der Waals surface area contributed by atoms with Gasteiger partial charge in [-0.15, -0.1) is 10.2 Å². The van der Waals surface area contributed by atoms with Gasteiger partial charge in [-0.25, -0.2) is 4.98 Å². The highest BCUT2D eigenvalue weighted by molar-refractivity contribution is 7.15. The summed E-state index contributed by atoms with van der Waals surface area (Å²) >= 11 is 1.42. The van der Waals surface area contributed by atoms with Crippen molar-refractivity contribution in [1.29, 1.82) is 0 Å². The van der Waals surface area contributed by atoms with E-state index in [1.54, 1.807) is 18.5 Å². The van der Waals surface area contributed by atoms with Gasteiger partial charge < -0.3 is 4.98 Å². The van der Waals surface area contributed by atoms with E-state index in [1.807, 2.05) is 6.07 Å². The molecule has 2 N–H and O–H groups in total. The zero-order chi connectivity index (χ0) is 14.8. The standard InChI is InChI=1S/C14H15N5OS/c1-8(2)5-12-18-19-14(21-12)17-13(20)9-3-4-10-11(6-9)16-7-15-10/h3-4,6-8H,5H2,1-2H3,(H,15,16)(H,17,19,20). The third kappa shape index (κ3) is 3.08. The Morgan fingerprint density at radius 2 is 2.24 bits per heavy atom. The van der Waals surface area contributed by atoms with Crippen LogP contribution in [0, 0.1) is 5.92 Å². The first-order chi connectivity index (χ1) is 10.1. The molecule has 0 saturated carbocycles. The van der Waals surface area contributed by atoms with E-state index in [2.05, 4.69) is 39.3 Å². The van der Waals surface area contributed by atoms with Crippen molar-refractivity contribution < 1.29 is 4.79 Å². The van der Waals surface area contributed by atoms with Crippen LogP contribution in [0.1, 0.15) is 29.2 Å². The Labute approximate surface area is 125 Å². The maximum absolute atomic E-state index is 12.2. The first kappa shape index (κ1) is 13.7. The maximum Gasteiger partial charge on any atom is 0.257 e. The summed E-state index contributed by atoms with van der Waals surface area (Å²) in [5.74, 6) is 0.322. The molecule has 2 aromatic heterocycles. The van der Waals surface area contributed by atoms with Crippen LogP contribution in [-0.4, -0.2) is 26.1 Å². The SMILES string of the molecule is CC(C)Cc1nnc(NC(=O)c2ccc3nc[nH]c3c2)s1. The molecule has 0 fully saturated rings. The molecule has 21 heavy (non-hydrogen) atoms. The number of nitrogens with zero attached hydrogens (tertiary/aromatic N) is 3. The number of amides is 1. The van der Waals surface area contributed by atoms with Crippen molar-refractivity contribution in [2.45, 2.75) is 20.3 Å². The van der Waals surface area contributed by atoms with Crippen molar-refractivity contribution in [2.75, 3.05) is 5.32 Å². The summed E-state index contributed by atoms with van der Waals surface area (Å²) in [4.78, 5) is 19.3. The van der Waals surface area contributed by atoms with Gasteiger partial charge in [0.1, 0.15) is 5.01 Å². The lowest BCUT2D eigenvalue weighted by molar-refractivity contribution is 0.102. The van der Waals surface area contributed by atoms with Gasteiger partial charge in [0, 0.05) is 12.0 Å². The summed E-state index contributed by atoms with van der Waals surface area (Å²) in [6.07, 6.45) is 2.48. The Balaban J connectivity index is 1.74. The van der Waals surface area contributed by atoms with Crippen LogP contribution in [0.25, 0.3) is 11.0 Å². The highest BCUT2D eigenvalue weighted by Crippen LogP contribution is 2.19. The first-order valence-electron chi connectivity index (χ1n) is 6.68. The molecule has 0 aliphatic carbocycles. The number of fused-ring (bicyclic) bond motifs is 1. The first-order valence-corrected chi connectivity index (χ1v) is 7.50. The molecule has 0 bridgehead atoms. The fraction of sp³-hybridized carbons (Fsp3) is 0.286. The van der Waals surface area contributed by atoms with Gasteiger partial charge >= 0.3 is 0 Å². The maximum atomic E-state index is 12.2. The average molecular weight is 301 g/mol. The molecule has 0 unspecified atom stereocenters. The minimum absolute atomic E-state index is 0.196. The number of aromatic nitrogens is 4. The van der Waals surface area contributed by atoms with Crippen LogP contribution < -0.4 is 5.32 Å². The van der Waals surface area contributed by atoms with E-state index in [9.17, 15) is 4.79 Å². The predicted octanol–water partition coefficient (Wildman–Crippen LogP) is 2.87. The number of benzene rings is 1. The van der Waals surface area contributed by atoms with Crippen molar-refractivity contribution in [3.05, 3.63) is 35.1 Å². The van der Waals surface area contributed by atoms with Crippen molar-refractivity contribution in [1.82, 2.24) is 20.2 Å². The van der Waals surface area contributed by atoms with Crippen LogP contribution in [0.2, 0.25) is 0 Å². The smallest absolute Gasteiger partial charge is 0.257 e. The van der Waals surface area contributed by atoms with Gasteiger partial charge in [-0.3, -0.25) is 10.1 Å². The second kappa shape index (κ2) is 5.61. The number of hydrogen-bond acceptors (Lipinski definition) is 5. The molecule has 6 nitrogen and oxygen atoms in total. The largest absolute Gasteiger partial charge is 0.345 e. The van der Waals surface area contributed by atoms with Gasteiger partial charge in [-0.2, -0.15) is 0 Å². The Morgan fingerprint density at radius 1 is 1.38 bits per heavy atom. The number of aromatic amines is 1. The van der Waals surface area contributed by atoms with Crippen molar-refractivity contribution >= 4 is 33.4 Å². The molecule has 0 atom stereocenters. The van der Waals surface area contributed by atoms with Gasteiger partial charge in [-0.05, 0) is 24.1 Å². The molecule has 1 amide bonds. The molecule has 0 spiro atoms. The van der Waals surface area contributed by atoms with Gasteiger partial charge in [0.2, 0.25) is 5.13 Å². The van der Waals surface area contributed by atoms with E-state index >= 15 is 0 Å². The second-order valence-corrected chi connectivity index (χ2v) is 6.25. The van der Waals surface area contributed by atoms with Crippen LogP contribution in [0.15, 0.2) is 24.5 Å². The van der Waals surface area contributed by atoms with Crippen molar-refractivity contribution in [3.63, 3.8) is 0 Å². The summed E-state index contributed by atoms with van der Waals surface area (Å²) < 4.78 is 0. The fourth-order valence-electron chi connectivity index (χ4n) is 1.98. The molecule has 0 aliphatic heterocycles. The van der Waals surface area contributed by atoms with E-state index in [1.165, 1.54) is 11.3 Å². The summed E-state index contributed by atoms with van der Waals surface area (Å²) in [5.41, 5.74) is 2.23. The number of carbonyl (C=O) groups is 1. The Morgan fingerprint density at radius 3 is 3.05 bits per heavy atom. The molecule has 108 valence electrons. The van der Waals surface area contributed by atoms with Gasteiger partial charge in [0.05, 0.1) is 17.4 Å². The molecule has 3 aromatic rings. The van der Waals surface area contributed by atoms with Gasteiger partial charge in [0.25, 0.3) is 5.91 Å². The normalized spacial score (nSPS) is 11.2. The fourth-order valence-corrected chi connectivity index (χ4v) is 2.93. The van der Waals surface area contributed by atoms with E-state index < -0.39 is 0 Å². The van der Waals surface area contributed by atoms with Crippen molar-refractivity contribution in [2.24, 2.45) is 5.92 Å². The number of imidazole rings is 1. The summed E-state index contributed by atoms with van der Waals surface area (Å²) in [6.45, 7) is 4.25. The quantitative estimate of drug-likeness (QED) is 0.776. The lowest BCUT2D eigenvalue weighted by atomic mass is 10.1. The molecular weight excluding hydrogens is 286 g/mol. The zero-order valence-corrected chi connectivity index (χ0v) is 12.6. The predicted molar refractivity (Wildman–Crippen MR) is 82.5 cm³/mol. The number of anilines is 1. The van der Waals surface area contributed by atoms with Crippen LogP contribution in [0.4, 0.5) is 5.13 Å². The van der Waals surface area contributed by atoms with Gasteiger partial charge in [0.15, 0.2) is 0 Å². The molecular formula is C14H15N5OS. The van der Waals surface area contributed by atoms with Crippen molar-refractivity contribution in [3.8, 4) is 0 Å². The topological polar surface area (TPSA) is 83.6 Å². The number of H-pyrrole nitrogens is 1. The molecule has 1 aromatic carbocycles. The number of hydrogen-bond donors (Lipinski definition) is 2. The highest BCUT2D eigenvalue weighted by atomic mass is 32.1. The third-order valence-electron chi connectivity index (χ3n) is 2.95. The number of rotatable bonds is 4. The molecule has 2 heterocycles. The van der Waals surface area contributed by atoms with Crippen LogP contribution in [0.3, 0.4) is 0 Å². The second-order valence-electron chi connectivity index (χ2n) is 5.19. The zero-order valence-electron chi connectivity index (χ0n) is 11.8. The lowest BCUT2D eigenvalue weighted by Crippen LogP contribution is -2.11. The molecule has 3 rings (SSSR count). The molecule has 7 heteroatoms.